The van der Waals surface area contributed by atoms with E-state index >= 15 is 0 Å². The average Bonchev–Trinajstić information content (AvgIpc) is 2.77. The van der Waals surface area contributed by atoms with Crippen LogP contribution in [0.4, 0.5) is 0 Å². The molecule has 0 bridgehead atoms. The molecule has 0 saturated carbocycles. The predicted octanol–water partition coefficient (Wildman–Crippen LogP) is 3.91. The fraction of sp³-hybridized carbons (Fsp3) is 0.500. The molecule has 5 heteroatoms. The second kappa shape index (κ2) is 5.62. The van der Waals surface area contributed by atoms with Gasteiger partial charge in [0.2, 0.25) is 5.91 Å². The minimum absolute atomic E-state index is 0.00849. The van der Waals surface area contributed by atoms with E-state index in [9.17, 15) is 9.59 Å². The van der Waals surface area contributed by atoms with Crippen molar-refractivity contribution in [3.05, 3.63) is 32.8 Å². The number of primary amides is 1. The Balaban J connectivity index is 2.78. The number of hydrogen-bond donors (Lipinski definition) is 1. The SMILES string of the molecule is CCC(C(N)=O)(c1cc2c(c(Cl)c1Cl)C(=O)CC2)C(C)C. The van der Waals surface area contributed by atoms with Crippen LogP contribution in [0.3, 0.4) is 0 Å². The Hall–Kier alpha value is -1.06. The van der Waals surface area contributed by atoms with E-state index in [1.165, 1.54) is 0 Å². The van der Waals surface area contributed by atoms with Gasteiger partial charge in [-0.1, -0.05) is 50.0 Å². The summed E-state index contributed by atoms with van der Waals surface area (Å²) in [5.41, 5.74) is 6.84. The molecule has 0 aliphatic heterocycles. The number of ketones is 1. The fourth-order valence-corrected chi connectivity index (χ4v) is 4.02. The van der Waals surface area contributed by atoms with Crippen molar-refractivity contribution in [1.82, 2.24) is 0 Å². The zero-order chi connectivity index (χ0) is 15.9. The lowest BCUT2D eigenvalue weighted by Gasteiger charge is -2.35. The standard InChI is InChI=1S/C16H19Cl2NO2/c1-4-16(8(2)3,15(19)21)10-7-9-5-6-11(20)12(9)14(18)13(10)17/h7-8H,4-6H2,1-3H3,(H2,19,21). The van der Waals surface area contributed by atoms with Crippen LogP contribution in [0.2, 0.25) is 10.0 Å². The summed E-state index contributed by atoms with van der Waals surface area (Å²) in [6.07, 6.45) is 1.60. The number of hydrogen-bond acceptors (Lipinski definition) is 2. The largest absolute Gasteiger partial charge is 0.369 e. The van der Waals surface area contributed by atoms with Gasteiger partial charge >= 0.3 is 0 Å². The minimum atomic E-state index is -0.874. The van der Waals surface area contributed by atoms with E-state index in [-0.39, 0.29) is 21.7 Å². The van der Waals surface area contributed by atoms with Crippen molar-refractivity contribution in [2.24, 2.45) is 11.7 Å². The Morgan fingerprint density at radius 3 is 2.43 bits per heavy atom. The number of benzene rings is 1. The van der Waals surface area contributed by atoms with Gasteiger partial charge in [-0.05, 0) is 29.9 Å². The highest BCUT2D eigenvalue weighted by Crippen LogP contribution is 2.45. The number of rotatable bonds is 4. The molecule has 1 aromatic carbocycles. The number of Topliss-reactive ketones (excluding diaryl/α,β-unsaturated/α-hetero) is 1. The second-order valence-corrected chi connectivity index (χ2v) is 6.61. The normalized spacial score (nSPS) is 17.0. The minimum Gasteiger partial charge on any atom is -0.369 e. The molecule has 0 spiro atoms. The van der Waals surface area contributed by atoms with Crippen LogP contribution >= 0.6 is 23.2 Å². The van der Waals surface area contributed by atoms with Gasteiger partial charge in [-0.15, -0.1) is 0 Å². The number of nitrogens with two attached hydrogens (primary N) is 1. The molecule has 0 fully saturated rings. The monoisotopic (exact) mass is 327 g/mol. The lowest BCUT2D eigenvalue weighted by atomic mass is 9.68. The zero-order valence-corrected chi connectivity index (χ0v) is 13.9. The van der Waals surface area contributed by atoms with Gasteiger partial charge in [0.15, 0.2) is 5.78 Å². The Bertz CT molecular complexity index is 625. The van der Waals surface area contributed by atoms with Crippen molar-refractivity contribution in [1.29, 1.82) is 0 Å². The predicted molar refractivity (Wildman–Crippen MR) is 85.1 cm³/mol. The summed E-state index contributed by atoms with van der Waals surface area (Å²) in [6.45, 7) is 5.79. The number of aryl methyl sites for hydroxylation is 1. The molecule has 1 aromatic rings. The number of carbonyl (C=O) groups excluding carboxylic acids is 2. The maximum absolute atomic E-state index is 12.2. The molecule has 1 amide bonds. The van der Waals surface area contributed by atoms with Gasteiger partial charge in [-0.2, -0.15) is 0 Å². The second-order valence-electron chi connectivity index (χ2n) is 5.85. The van der Waals surface area contributed by atoms with Crippen LogP contribution in [0.1, 0.15) is 55.1 Å². The van der Waals surface area contributed by atoms with Crippen molar-refractivity contribution >= 4 is 34.9 Å². The summed E-state index contributed by atoms with van der Waals surface area (Å²) < 4.78 is 0. The van der Waals surface area contributed by atoms with Crippen LogP contribution in [-0.2, 0) is 16.6 Å². The van der Waals surface area contributed by atoms with Crippen molar-refractivity contribution in [3.63, 3.8) is 0 Å². The maximum Gasteiger partial charge on any atom is 0.228 e. The molecule has 114 valence electrons. The molecular weight excluding hydrogens is 309 g/mol. The van der Waals surface area contributed by atoms with E-state index < -0.39 is 11.3 Å². The number of fused-ring (bicyclic) bond motifs is 1. The molecule has 0 heterocycles. The van der Waals surface area contributed by atoms with Crippen molar-refractivity contribution in [3.8, 4) is 0 Å². The van der Waals surface area contributed by atoms with Gasteiger partial charge in [0.1, 0.15) is 0 Å². The van der Waals surface area contributed by atoms with Crippen molar-refractivity contribution in [2.75, 3.05) is 0 Å². The molecule has 0 radical (unpaired) electrons. The van der Waals surface area contributed by atoms with Gasteiger partial charge in [0.25, 0.3) is 0 Å². The maximum atomic E-state index is 12.2. The van der Waals surface area contributed by atoms with Crippen molar-refractivity contribution < 1.29 is 9.59 Å². The Kier molecular flexibility index (Phi) is 4.36. The first kappa shape index (κ1) is 16.3. The molecule has 2 rings (SSSR count). The van der Waals surface area contributed by atoms with E-state index in [4.69, 9.17) is 28.9 Å². The van der Waals surface area contributed by atoms with Crippen LogP contribution in [-0.4, -0.2) is 11.7 Å². The number of amides is 1. The van der Waals surface area contributed by atoms with Crippen LogP contribution in [0.25, 0.3) is 0 Å². The molecule has 1 atom stereocenters. The Morgan fingerprint density at radius 1 is 1.33 bits per heavy atom. The van der Waals surface area contributed by atoms with Crippen LogP contribution in [0.15, 0.2) is 6.07 Å². The summed E-state index contributed by atoms with van der Waals surface area (Å²) in [5.74, 6) is -0.430. The first-order valence-electron chi connectivity index (χ1n) is 7.11. The van der Waals surface area contributed by atoms with E-state index in [1.807, 2.05) is 26.8 Å². The van der Waals surface area contributed by atoms with E-state index in [1.54, 1.807) is 0 Å². The molecule has 21 heavy (non-hydrogen) atoms. The molecular formula is C16H19Cl2NO2. The third-order valence-electron chi connectivity index (χ3n) is 4.65. The summed E-state index contributed by atoms with van der Waals surface area (Å²) in [7, 11) is 0. The van der Waals surface area contributed by atoms with E-state index in [0.717, 1.165) is 5.56 Å². The van der Waals surface area contributed by atoms with E-state index in [2.05, 4.69) is 0 Å². The summed E-state index contributed by atoms with van der Waals surface area (Å²) in [4.78, 5) is 24.1. The highest BCUT2D eigenvalue weighted by molar-refractivity contribution is 6.45. The molecule has 1 aliphatic rings. The summed E-state index contributed by atoms with van der Waals surface area (Å²) >= 11 is 12.7. The van der Waals surface area contributed by atoms with Crippen LogP contribution in [0, 0.1) is 5.92 Å². The van der Waals surface area contributed by atoms with Gasteiger partial charge < -0.3 is 5.73 Å². The smallest absolute Gasteiger partial charge is 0.228 e. The van der Waals surface area contributed by atoms with Gasteiger partial charge in [0.05, 0.1) is 15.5 Å². The average molecular weight is 328 g/mol. The molecule has 0 aromatic heterocycles. The first-order valence-corrected chi connectivity index (χ1v) is 7.87. The number of halogens is 2. The Labute approximate surface area is 134 Å². The lowest BCUT2D eigenvalue weighted by Crippen LogP contribution is -2.45. The highest BCUT2D eigenvalue weighted by atomic mass is 35.5. The van der Waals surface area contributed by atoms with Gasteiger partial charge in [-0.25, -0.2) is 0 Å². The molecule has 1 unspecified atom stereocenters. The van der Waals surface area contributed by atoms with Gasteiger partial charge in [0, 0.05) is 12.0 Å². The Morgan fingerprint density at radius 2 is 1.95 bits per heavy atom. The van der Waals surface area contributed by atoms with Crippen molar-refractivity contribution in [2.45, 2.75) is 45.4 Å². The molecule has 0 saturated heterocycles. The topological polar surface area (TPSA) is 60.2 Å². The van der Waals surface area contributed by atoms with Gasteiger partial charge in [-0.3, -0.25) is 9.59 Å². The molecule has 1 aliphatic carbocycles. The van der Waals surface area contributed by atoms with Crippen LogP contribution in [0.5, 0.6) is 0 Å². The summed E-state index contributed by atoms with van der Waals surface area (Å²) in [5, 5.41) is 0.534. The molecule has 2 N–H and O–H groups in total. The van der Waals surface area contributed by atoms with E-state index in [0.29, 0.717) is 30.4 Å². The number of carbonyl (C=O) groups is 2. The lowest BCUT2D eigenvalue weighted by molar-refractivity contribution is -0.125. The fourth-order valence-electron chi connectivity index (χ4n) is 3.38. The summed E-state index contributed by atoms with van der Waals surface area (Å²) in [6, 6.07) is 1.85. The third kappa shape index (κ3) is 2.27. The zero-order valence-electron chi connectivity index (χ0n) is 12.4. The molecule has 3 nitrogen and oxygen atoms in total. The quantitative estimate of drug-likeness (QED) is 0.911. The van der Waals surface area contributed by atoms with Crippen LogP contribution < -0.4 is 5.73 Å². The first-order chi connectivity index (χ1) is 9.77. The highest BCUT2D eigenvalue weighted by Gasteiger charge is 2.43. The third-order valence-corrected chi connectivity index (χ3v) is 5.52.